The first-order valence-corrected chi connectivity index (χ1v) is 10.8. The van der Waals surface area contributed by atoms with Gasteiger partial charge in [-0.05, 0) is 38.7 Å². The first-order valence-electron chi connectivity index (χ1n) is 9.97. The maximum absolute atomic E-state index is 6.23. The van der Waals surface area contributed by atoms with Gasteiger partial charge in [0.2, 0.25) is 5.95 Å². The highest BCUT2D eigenvalue weighted by atomic mass is 32.1. The van der Waals surface area contributed by atoms with Crippen molar-refractivity contribution >= 4 is 33.3 Å². The molecule has 3 N–H and O–H groups in total. The van der Waals surface area contributed by atoms with Crippen LogP contribution in [0.4, 0.5) is 11.8 Å². The van der Waals surface area contributed by atoms with E-state index in [1.807, 2.05) is 19.9 Å². The van der Waals surface area contributed by atoms with Gasteiger partial charge < -0.3 is 11.1 Å². The number of nitrogen functional groups attached to an aromatic ring is 1. The summed E-state index contributed by atoms with van der Waals surface area (Å²) in [5.74, 6) is 1.83. The van der Waals surface area contributed by atoms with Crippen LogP contribution in [0.25, 0.3) is 20.8 Å². The monoisotopic (exact) mass is 410 g/mol. The van der Waals surface area contributed by atoms with E-state index in [0.717, 1.165) is 44.6 Å². The third-order valence-corrected chi connectivity index (χ3v) is 5.63. The van der Waals surface area contributed by atoms with Gasteiger partial charge in [0.15, 0.2) is 0 Å². The number of terminal acetylenes is 1. The van der Waals surface area contributed by atoms with Gasteiger partial charge in [-0.1, -0.05) is 26.7 Å². The molecule has 7 heteroatoms. The van der Waals surface area contributed by atoms with Crippen molar-refractivity contribution < 1.29 is 0 Å². The van der Waals surface area contributed by atoms with Crippen LogP contribution in [0.5, 0.6) is 0 Å². The Labute approximate surface area is 177 Å². The highest BCUT2D eigenvalue weighted by Gasteiger charge is 2.19. The molecule has 1 saturated carbocycles. The molecule has 0 spiro atoms. The second-order valence-corrected chi connectivity index (χ2v) is 8.07. The molecule has 0 atom stereocenters. The number of fused-ring (bicyclic) bond motifs is 1. The average molecular weight is 411 g/mol. The summed E-state index contributed by atoms with van der Waals surface area (Å²) >= 11 is 1.60. The van der Waals surface area contributed by atoms with Crippen LogP contribution < -0.4 is 11.1 Å². The van der Waals surface area contributed by atoms with Crippen molar-refractivity contribution in [2.45, 2.75) is 53.4 Å². The fourth-order valence-corrected chi connectivity index (χ4v) is 4.08. The minimum absolute atomic E-state index is 0.475. The zero-order valence-corrected chi connectivity index (χ0v) is 18.5. The predicted octanol–water partition coefficient (Wildman–Crippen LogP) is 5.23. The van der Waals surface area contributed by atoms with Crippen molar-refractivity contribution in [1.82, 2.24) is 19.9 Å². The van der Waals surface area contributed by atoms with Crippen LogP contribution in [-0.2, 0) is 0 Å². The van der Waals surface area contributed by atoms with Crippen molar-refractivity contribution in [2.24, 2.45) is 5.92 Å². The molecule has 0 saturated heterocycles. The van der Waals surface area contributed by atoms with Crippen molar-refractivity contribution in [2.75, 3.05) is 17.6 Å². The Morgan fingerprint density at radius 2 is 1.83 bits per heavy atom. The second kappa shape index (κ2) is 10.7. The van der Waals surface area contributed by atoms with E-state index < -0.39 is 0 Å². The molecule has 3 heterocycles. The molecule has 3 aromatic heterocycles. The third kappa shape index (κ3) is 5.42. The van der Waals surface area contributed by atoms with Gasteiger partial charge in [0.25, 0.3) is 0 Å². The number of nitrogens with zero attached hydrogens (tertiary/aromatic N) is 4. The Bertz CT molecular complexity index is 935. The number of nitrogens with one attached hydrogen (secondary N) is 1. The van der Waals surface area contributed by atoms with E-state index >= 15 is 0 Å². The summed E-state index contributed by atoms with van der Waals surface area (Å²) in [6.07, 6.45) is 15.0. The standard InChI is InChI=1S/C17H20N6S.C3H8.C2H2/c1-9-13(16-22-14-10(2)19-7-6-12(14)24-16)15(18)23-17(21-9)20-8-11-4-3-5-11;1-3-2;1-2/h6-7,11H,3-5,8H2,1-2H3,(H3,18,20,21,23);3H2,1-2H3;1-2H. The van der Waals surface area contributed by atoms with Gasteiger partial charge in [-0.15, -0.1) is 24.2 Å². The largest absolute Gasteiger partial charge is 0.383 e. The lowest BCUT2D eigenvalue weighted by molar-refractivity contribution is 0.333. The van der Waals surface area contributed by atoms with E-state index in [0.29, 0.717) is 11.8 Å². The number of rotatable bonds is 4. The van der Waals surface area contributed by atoms with Gasteiger partial charge in [-0.3, -0.25) is 4.98 Å². The molecule has 1 aliphatic rings. The predicted molar refractivity (Wildman–Crippen MR) is 124 cm³/mol. The van der Waals surface area contributed by atoms with Crippen molar-refractivity contribution in [3.8, 4) is 23.4 Å². The summed E-state index contributed by atoms with van der Waals surface area (Å²) in [5.41, 5.74) is 9.74. The first-order chi connectivity index (χ1) is 14.0. The molecule has 0 amide bonds. The van der Waals surface area contributed by atoms with Crippen LogP contribution in [0.3, 0.4) is 0 Å². The third-order valence-electron chi connectivity index (χ3n) is 4.60. The van der Waals surface area contributed by atoms with Crippen LogP contribution in [0.1, 0.15) is 50.9 Å². The Kier molecular flexibility index (Phi) is 8.34. The maximum Gasteiger partial charge on any atom is 0.224 e. The minimum atomic E-state index is 0.475. The van der Waals surface area contributed by atoms with E-state index in [1.165, 1.54) is 25.7 Å². The van der Waals surface area contributed by atoms with Gasteiger partial charge in [0, 0.05) is 12.7 Å². The molecule has 29 heavy (non-hydrogen) atoms. The topological polar surface area (TPSA) is 89.6 Å². The van der Waals surface area contributed by atoms with Gasteiger partial charge in [-0.2, -0.15) is 4.98 Å². The zero-order valence-electron chi connectivity index (χ0n) is 17.7. The van der Waals surface area contributed by atoms with Crippen molar-refractivity contribution in [3.63, 3.8) is 0 Å². The molecule has 4 rings (SSSR count). The number of pyridine rings is 1. The molecule has 3 aromatic rings. The molecule has 0 aromatic carbocycles. The smallest absolute Gasteiger partial charge is 0.224 e. The molecule has 1 aliphatic carbocycles. The van der Waals surface area contributed by atoms with E-state index in [4.69, 9.17) is 10.7 Å². The fourth-order valence-electron chi connectivity index (χ4n) is 2.96. The summed E-state index contributed by atoms with van der Waals surface area (Å²) in [6.45, 7) is 9.09. The van der Waals surface area contributed by atoms with E-state index in [9.17, 15) is 0 Å². The van der Waals surface area contributed by atoms with Gasteiger partial charge in [-0.25, -0.2) is 9.97 Å². The van der Waals surface area contributed by atoms with Gasteiger partial charge >= 0.3 is 0 Å². The van der Waals surface area contributed by atoms with Crippen LogP contribution >= 0.6 is 11.3 Å². The molecule has 1 fully saturated rings. The first kappa shape index (κ1) is 22.6. The molecule has 6 nitrogen and oxygen atoms in total. The number of aromatic nitrogens is 4. The Hall–Kier alpha value is -2.72. The summed E-state index contributed by atoms with van der Waals surface area (Å²) < 4.78 is 1.10. The summed E-state index contributed by atoms with van der Waals surface area (Å²) in [5, 5.41) is 4.16. The molecule has 0 aliphatic heterocycles. The highest BCUT2D eigenvalue weighted by Crippen LogP contribution is 2.35. The normalized spacial score (nSPS) is 12.9. The average Bonchev–Trinajstić information content (AvgIpc) is 3.07. The van der Waals surface area contributed by atoms with Gasteiger partial charge in [0.1, 0.15) is 16.3 Å². The number of thiazole rings is 1. The SMILES string of the molecule is C#C.CCC.Cc1nc(NCC2CCC2)nc(N)c1-c1nc2c(C)nccc2s1. The zero-order chi connectivity index (χ0) is 21.4. The number of hydrogen-bond acceptors (Lipinski definition) is 7. The lowest BCUT2D eigenvalue weighted by Crippen LogP contribution is -2.22. The van der Waals surface area contributed by atoms with Crippen LogP contribution in [-0.4, -0.2) is 26.5 Å². The van der Waals surface area contributed by atoms with Crippen molar-refractivity contribution in [1.29, 1.82) is 0 Å². The van der Waals surface area contributed by atoms with Gasteiger partial charge in [0.05, 0.1) is 21.7 Å². The Morgan fingerprint density at radius 1 is 1.14 bits per heavy atom. The molecule has 154 valence electrons. The lowest BCUT2D eigenvalue weighted by atomic mass is 9.85. The molecular formula is C22H30N6S. The van der Waals surface area contributed by atoms with Crippen LogP contribution in [0.2, 0.25) is 0 Å². The minimum Gasteiger partial charge on any atom is -0.383 e. The fraction of sp³-hybridized carbons (Fsp3) is 0.455. The molecular weight excluding hydrogens is 380 g/mol. The summed E-state index contributed by atoms with van der Waals surface area (Å²) in [7, 11) is 0. The number of nitrogens with two attached hydrogens (primary N) is 1. The number of hydrogen-bond donors (Lipinski definition) is 2. The summed E-state index contributed by atoms with van der Waals surface area (Å²) in [6, 6.07) is 1.98. The molecule has 0 unspecified atom stereocenters. The Morgan fingerprint density at radius 3 is 2.38 bits per heavy atom. The highest BCUT2D eigenvalue weighted by molar-refractivity contribution is 7.21. The number of aryl methyl sites for hydroxylation is 2. The quantitative estimate of drug-likeness (QED) is 0.573. The lowest BCUT2D eigenvalue weighted by Gasteiger charge is -2.25. The van der Waals surface area contributed by atoms with E-state index in [2.05, 4.69) is 47.0 Å². The maximum atomic E-state index is 6.23. The van der Waals surface area contributed by atoms with E-state index in [1.54, 1.807) is 17.5 Å². The van der Waals surface area contributed by atoms with Crippen LogP contribution in [0, 0.1) is 32.6 Å². The second-order valence-electron chi connectivity index (χ2n) is 7.04. The van der Waals surface area contributed by atoms with E-state index in [-0.39, 0.29) is 0 Å². The number of anilines is 2. The molecule has 0 radical (unpaired) electrons. The van der Waals surface area contributed by atoms with Crippen LogP contribution in [0.15, 0.2) is 12.3 Å². The summed E-state index contributed by atoms with van der Waals surface area (Å²) in [4.78, 5) is 18.0. The van der Waals surface area contributed by atoms with Crippen molar-refractivity contribution in [3.05, 3.63) is 23.7 Å². The Balaban J connectivity index is 0.000000551. The molecule has 0 bridgehead atoms.